The van der Waals surface area contributed by atoms with E-state index in [9.17, 15) is 4.79 Å². The third-order valence-corrected chi connectivity index (χ3v) is 5.46. The van der Waals surface area contributed by atoms with Crippen molar-refractivity contribution in [2.75, 3.05) is 33.4 Å². The highest BCUT2D eigenvalue weighted by atomic mass is 16.5. The minimum atomic E-state index is -0.494. The molecule has 3 rings (SSSR count). The van der Waals surface area contributed by atoms with E-state index in [1.54, 1.807) is 13.3 Å². The molecule has 0 radical (unpaired) electrons. The van der Waals surface area contributed by atoms with Crippen LogP contribution in [0.2, 0.25) is 0 Å². The van der Waals surface area contributed by atoms with Gasteiger partial charge in [0.05, 0.1) is 19.1 Å². The van der Waals surface area contributed by atoms with Gasteiger partial charge in [0, 0.05) is 25.5 Å². The zero-order valence-corrected chi connectivity index (χ0v) is 17.0. The van der Waals surface area contributed by atoms with Gasteiger partial charge in [-0.15, -0.1) is 0 Å². The van der Waals surface area contributed by atoms with Crippen LogP contribution in [0.15, 0.2) is 42.7 Å². The van der Waals surface area contributed by atoms with Crippen LogP contribution >= 0.6 is 0 Å². The van der Waals surface area contributed by atoms with Crippen molar-refractivity contribution in [1.29, 1.82) is 0 Å². The molecule has 1 saturated heterocycles. The number of piperidine rings is 1. The summed E-state index contributed by atoms with van der Waals surface area (Å²) in [5, 5.41) is 4.26. The standard InChI is InChI=1S/C22H31N3O3/c1-3-28-21(26)22(17-19-8-4-9-20(16-19)27-2)10-5-12-24(18-22)13-7-15-25-14-6-11-23-25/h4,6,8-9,11,14,16H,3,5,7,10,12-13,15,17-18H2,1-2H3/t22-/m0/s1. The molecule has 0 aliphatic carbocycles. The van der Waals surface area contributed by atoms with Crippen molar-refractivity contribution in [2.45, 2.75) is 39.2 Å². The molecule has 2 heterocycles. The second-order valence-electron chi connectivity index (χ2n) is 7.53. The number of carbonyl (C=O) groups excluding carboxylic acids is 1. The number of methoxy groups -OCH3 is 1. The first-order chi connectivity index (χ1) is 13.6. The second kappa shape index (κ2) is 9.73. The Hall–Kier alpha value is -2.34. The van der Waals surface area contributed by atoms with Crippen LogP contribution in [0.5, 0.6) is 5.75 Å². The van der Waals surface area contributed by atoms with Gasteiger partial charge in [-0.3, -0.25) is 9.48 Å². The number of likely N-dealkylation sites (tertiary alicyclic amines) is 1. The molecular formula is C22H31N3O3. The lowest BCUT2D eigenvalue weighted by atomic mass is 9.75. The highest BCUT2D eigenvalue weighted by Crippen LogP contribution is 2.36. The Morgan fingerprint density at radius 1 is 1.29 bits per heavy atom. The average Bonchev–Trinajstić information content (AvgIpc) is 3.22. The molecule has 1 atom stereocenters. The molecule has 0 spiro atoms. The van der Waals surface area contributed by atoms with Gasteiger partial charge in [-0.05, 0) is 69.5 Å². The second-order valence-corrected chi connectivity index (χ2v) is 7.53. The van der Waals surface area contributed by atoms with Gasteiger partial charge in [-0.1, -0.05) is 12.1 Å². The molecule has 6 nitrogen and oxygen atoms in total. The van der Waals surface area contributed by atoms with E-state index in [0.29, 0.717) is 13.0 Å². The van der Waals surface area contributed by atoms with Crippen molar-refractivity contribution >= 4 is 5.97 Å². The van der Waals surface area contributed by atoms with Crippen molar-refractivity contribution in [3.8, 4) is 5.75 Å². The third kappa shape index (κ3) is 5.13. The number of hydrogen-bond donors (Lipinski definition) is 0. The SMILES string of the molecule is CCOC(=O)[C@]1(Cc2cccc(OC)c2)CCCN(CCCn2cccn2)C1. The lowest BCUT2D eigenvalue weighted by Crippen LogP contribution is -2.50. The number of esters is 1. The molecule has 1 aromatic heterocycles. The Morgan fingerprint density at radius 3 is 2.93 bits per heavy atom. The van der Waals surface area contributed by atoms with Crippen LogP contribution in [-0.4, -0.2) is 54.0 Å². The highest BCUT2D eigenvalue weighted by molar-refractivity contribution is 5.78. The zero-order valence-electron chi connectivity index (χ0n) is 17.0. The van der Waals surface area contributed by atoms with E-state index in [1.807, 2.05) is 42.1 Å². The molecule has 2 aromatic rings. The number of carbonyl (C=O) groups is 1. The third-order valence-electron chi connectivity index (χ3n) is 5.46. The highest BCUT2D eigenvalue weighted by Gasteiger charge is 2.43. The summed E-state index contributed by atoms with van der Waals surface area (Å²) in [6.07, 6.45) is 7.35. The van der Waals surface area contributed by atoms with E-state index >= 15 is 0 Å². The molecule has 1 fully saturated rings. The van der Waals surface area contributed by atoms with Gasteiger partial charge in [-0.2, -0.15) is 5.10 Å². The molecule has 152 valence electrons. The van der Waals surface area contributed by atoms with Crippen molar-refractivity contribution in [3.63, 3.8) is 0 Å². The quantitative estimate of drug-likeness (QED) is 0.621. The summed E-state index contributed by atoms with van der Waals surface area (Å²) in [6, 6.07) is 9.96. The van der Waals surface area contributed by atoms with Crippen LogP contribution in [-0.2, 0) is 22.5 Å². The normalized spacial score (nSPS) is 20.1. The molecule has 1 aliphatic heterocycles. The fraction of sp³-hybridized carbons (Fsp3) is 0.545. The first-order valence-electron chi connectivity index (χ1n) is 10.1. The van der Waals surface area contributed by atoms with Gasteiger partial charge in [0.15, 0.2) is 0 Å². The van der Waals surface area contributed by atoms with E-state index in [2.05, 4.69) is 16.1 Å². The summed E-state index contributed by atoms with van der Waals surface area (Å²) in [7, 11) is 1.67. The fourth-order valence-electron chi connectivity index (χ4n) is 4.15. The molecule has 0 unspecified atom stereocenters. The summed E-state index contributed by atoms with van der Waals surface area (Å²) in [5.74, 6) is 0.748. The largest absolute Gasteiger partial charge is 0.497 e. The van der Waals surface area contributed by atoms with Gasteiger partial charge in [0.25, 0.3) is 0 Å². The van der Waals surface area contributed by atoms with Crippen molar-refractivity contribution < 1.29 is 14.3 Å². The van der Waals surface area contributed by atoms with Crippen LogP contribution in [0, 0.1) is 5.41 Å². The first-order valence-corrected chi connectivity index (χ1v) is 10.1. The minimum Gasteiger partial charge on any atom is -0.497 e. The lowest BCUT2D eigenvalue weighted by Gasteiger charge is -2.41. The van der Waals surface area contributed by atoms with E-state index in [4.69, 9.17) is 9.47 Å². The number of ether oxygens (including phenoxy) is 2. The molecule has 1 aliphatic rings. The molecule has 0 saturated carbocycles. The Labute approximate surface area is 167 Å². The molecule has 0 N–H and O–H groups in total. The monoisotopic (exact) mass is 385 g/mol. The Bertz CT molecular complexity index is 747. The van der Waals surface area contributed by atoms with Crippen LogP contribution in [0.1, 0.15) is 31.7 Å². The number of rotatable bonds is 9. The molecule has 0 amide bonds. The fourth-order valence-corrected chi connectivity index (χ4v) is 4.15. The maximum absolute atomic E-state index is 13.0. The average molecular weight is 386 g/mol. The smallest absolute Gasteiger partial charge is 0.313 e. The number of nitrogens with zero attached hydrogens (tertiary/aromatic N) is 3. The van der Waals surface area contributed by atoms with Gasteiger partial charge in [0.1, 0.15) is 5.75 Å². The summed E-state index contributed by atoms with van der Waals surface area (Å²) >= 11 is 0. The van der Waals surface area contributed by atoms with Gasteiger partial charge in [-0.25, -0.2) is 0 Å². The van der Waals surface area contributed by atoms with Gasteiger partial charge in [0.2, 0.25) is 0 Å². The number of hydrogen-bond acceptors (Lipinski definition) is 5. The van der Waals surface area contributed by atoms with Crippen LogP contribution in [0.3, 0.4) is 0 Å². The number of aromatic nitrogens is 2. The lowest BCUT2D eigenvalue weighted by molar-refractivity contribution is -0.159. The first kappa shape index (κ1) is 20.4. The topological polar surface area (TPSA) is 56.6 Å². The van der Waals surface area contributed by atoms with Crippen molar-refractivity contribution in [3.05, 3.63) is 48.3 Å². The summed E-state index contributed by atoms with van der Waals surface area (Å²) in [6.45, 7) is 5.91. The Balaban J connectivity index is 1.69. The maximum Gasteiger partial charge on any atom is 0.313 e. The van der Waals surface area contributed by atoms with Crippen molar-refractivity contribution in [1.82, 2.24) is 14.7 Å². The summed E-state index contributed by atoms with van der Waals surface area (Å²) in [4.78, 5) is 15.4. The molecule has 0 bridgehead atoms. The van der Waals surface area contributed by atoms with Crippen molar-refractivity contribution in [2.24, 2.45) is 5.41 Å². The summed E-state index contributed by atoms with van der Waals surface area (Å²) in [5.41, 5.74) is 0.623. The maximum atomic E-state index is 13.0. The van der Waals surface area contributed by atoms with Gasteiger partial charge < -0.3 is 14.4 Å². The van der Waals surface area contributed by atoms with E-state index < -0.39 is 5.41 Å². The Kier molecular flexibility index (Phi) is 7.09. The van der Waals surface area contributed by atoms with Crippen LogP contribution in [0.25, 0.3) is 0 Å². The van der Waals surface area contributed by atoms with Crippen LogP contribution in [0.4, 0.5) is 0 Å². The number of benzene rings is 1. The molecule has 6 heteroatoms. The minimum absolute atomic E-state index is 0.0744. The zero-order chi connectivity index (χ0) is 19.8. The summed E-state index contributed by atoms with van der Waals surface area (Å²) < 4.78 is 12.8. The van der Waals surface area contributed by atoms with Gasteiger partial charge >= 0.3 is 5.97 Å². The Morgan fingerprint density at radius 2 is 2.18 bits per heavy atom. The number of aryl methyl sites for hydroxylation is 1. The van der Waals surface area contributed by atoms with Crippen LogP contribution < -0.4 is 4.74 Å². The molecular weight excluding hydrogens is 354 g/mol. The van der Waals surface area contributed by atoms with E-state index in [1.165, 1.54) is 0 Å². The van der Waals surface area contributed by atoms with E-state index in [0.717, 1.165) is 56.8 Å². The van der Waals surface area contributed by atoms with E-state index in [-0.39, 0.29) is 5.97 Å². The predicted molar refractivity (Wildman–Crippen MR) is 108 cm³/mol. The molecule has 28 heavy (non-hydrogen) atoms. The predicted octanol–water partition coefficient (Wildman–Crippen LogP) is 3.17. The molecule has 1 aromatic carbocycles.